The number of halogens is 10. The van der Waals surface area contributed by atoms with Crippen molar-refractivity contribution in [2.45, 2.75) is 52.4 Å². The second-order valence-corrected chi connectivity index (χ2v) is 19.7. The van der Waals surface area contributed by atoms with Crippen molar-refractivity contribution in [3.8, 4) is 44.5 Å². The van der Waals surface area contributed by atoms with Gasteiger partial charge in [0.2, 0.25) is 11.6 Å². The molecule has 16 nitrogen and oxygen atoms in total. The van der Waals surface area contributed by atoms with Crippen LogP contribution in [0.5, 0.6) is 0 Å². The molecule has 0 aliphatic carbocycles. The molecule has 0 saturated heterocycles. The van der Waals surface area contributed by atoms with Gasteiger partial charge in [-0.3, -0.25) is 40.5 Å². The molecule has 5 heterocycles. The molecule has 0 amide bonds. The summed E-state index contributed by atoms with van der Waals surface area (Å²) in [5.41, 5.74) is -19.6. The van der Waals surface area contributed by atoms with Crippen LogP contribution in [0.15, 0.2) is 48.5 Å². The minimum atomic E-state index is -2.60. The molecule has 4 aromatic carbocycles. The zero-order chi connectivity index (χ0) is 57.1. The molecule has 0 saturated carbocycles. The van der Waals surface area contributed by atoms with Crippen LogP contribution in [0.2, 0.25) is 0 Å². The predicted molar refractivity (Wildman–Crippen MR) is 264 cm³/mol. The smallest absolute Gasteiger partial charge is 0.284 e. The van der Waals surface area contributed by atoms with Gasteiger partial charge in [0.1, 0.15) is 11.1 Å². The number of H-pyrrole nitrogens is 2. The monoisotopic (exact) mass is 1090 g/mol. The van der Waals surface area contributed by atoms with Crippen LogP contribution in [-0.2, 0) is 10.8 Å². The van der Waals surface area contributed by atoms with Gasteiger partial charge in [-0.2, -0.15) is 0 Å². The Bertz CT molecular complexity index is 3770. The van der Waals surface area contributed by atoms with Crippen LogP contribution in [0.1, 0.15) is 75.4 Å². The van der Waals surface area contributed by atoms with E-state index in [0.29, 0.717) is 0 Å². The first kappa shape index (κ1) is 53.2. The average molecular weight is 1090 g/mol. The van der Waals surface area contributed by atoms with Crippen LogP contribution in [0, 0.1) is 98.6 Å². The Morgan fingerprint density at radius 1 is 0.346 bits per heavy atom. The molecule has 8 bridgehead atoms. The zero-order valence-electron chi connectivity index (χ0n) is 40.7. The molecule has 0 fully saturated rings. The SMILES string of the molecule is CC(C)(C)c1cc([N+](=O)[O-])c(-c2c3nc(c(-c4c(F)c(F)c(F)c(F)c4F)c4ccc([nH]4)c(-c4c([N+](=O)[O-])cc(C(C)(C)C)cc4[N+](=O)[O-])c4nc(c(-c5c(F)c(F)c(F)c(F)c5F)c5ccc2[nH]5)C=C4)C=C3)c([N+](=O)[O-])c1. The van der Waals surface area contributed by atoms with Gasteiger partial charge in [-0.1, -0.05) is 41.5 Å². The van der Waals surface area contributed by atoms with Gasteiger partial charge in [-0.25, -0.2) is 53.9 Å². The fraction of sp³-hybridized carbons (Fsp3) is 0.154. The zero-order valence-corrected chi connectivity index (χ0v) is 40.7. The fourth-order valence-corrected chi connectivity index (χ4v) is 9.08. The average Bonchev–Trinajstić information content (AvgIpc) is 4.37. The highest BCUT2D eigenvalue weighted by Gasteiger charge is 2.38. The molecule has 7 aromatic rings. The number of aromatic nitrogens is 4. The van der Waals surface area contributed by atoms with Gasteiger partial charge < -0.3 is 9.97 Å². The van der Waals surface area contributed by atoms with E-state index in [1.54, 1.807) is 41.5 Å². The lowest BCUT2D eigenvalue weighted by Gasteiger charge is -2.19. The molecular formula is C52H32F10N8O8. The van der Waals surface area contributed by atoms with E-state index in [0.717, 1.165) is 72.8 Å². The molecule has 9 rings (SSSR count). The second-order valence-electron chi connectivity index (χ2n) is 19.7. The van der Waals surface area contributed by atoms with Crippen LogP contribution in [0.3, 0.4) is 0 Å². The van der Waals surface area contributed by atoms with E-state index in [-0.39, 0.29) is 11.1 Å². The van der Waals surface area contributed by atoms with Gasteiger partial charge in [0.05, 0.1) is 53.6 Å². The molecular weight excluding hydrogens is 1050 g/mol. The van der Waals surface area contributed by atoms with Crippen LogP contribution in [0.25, 0.3) is 90.9 Å². The molecule has 2 aliphatic heterocycles. The number of hydrogen-bond donors (Lipinski definition) is 2. The van der Waals surface area contributed by atoms with Crippen molar-refractivity contribution in [1.82, 2.24) is 19.9 Å². The molecule has 0 atom stereocenters. The van der Waals surface area contributed by atoms with E-state index in [1.807, 2.05) is 0 Å². The van der Waals surface area contributed by atoms with E-state index in [2.05, 4.69) is 19.9 Å². The van der Waals surface area contributed by atoms with Crippen molar-refractivity contribution in [3.05, 3.63) is 181 Å². The Balaban J connectivity index is 1.62. The first-order chi connectivity index (χ1) is 36.4. The topological polar surface area (TPSA) is 230 Å². The lowest BCUT2D eigenvalue weighted by molar-refractivity contribution is -0.393. The summed E-state index contributed by atoms with van der Waals surface area (Å²) in [6, 6.07) is 7.62. The van der Waals surface area contributed by atoms with Gasteiger partial charge in [0.25, 0.3) is 22.7 Å². The highest BCUT2D eigenvalue weighted by Crippen LogP contribution is 2.49. The summed E-state index contributed by atoms with van der Waals surface area (Å²) in [6.45, 7) is 9.37. The summed E-state index contributed by atoms with van der Waals surface area (Å²) in [5, 5.41) is 52.4. The van der Waals surface area contributed by atoms with Gasteiger partial charge >= 0.3 is 0 Å². The molecule has 3 aromatic heterocycles. The molecule has 2 aliphatic rings. The number of nitrogens with zero attached hydrogens (tertiary/aromatic N) is 6. The van der Waals surface area contributed by atoms with Gasteiger partial charge in [0, 0.05) is 68.6 Å². The van der Waals surface area contributed by atoms with Crippen LogP contribution >= 0.6 is 0 Å². The van der Waals surface area contributed by atoms with E-state index >= 15 is 35.1 Å². The lowest BCUT2D eigenvalue weighted by Crippen LogP contribution is -2.13. The van der Waals surface area contributed by atoms with Gasteiger partial charge in [0.15, 0.2) is 46.5 Å². The number of fused-ring (bicyclic) bond motifs is 8. The number of hydrogen-bond acceptors (Lipinski definition) is 10. The maximum absolute atomic E-state index is 16.3. The van der Waals surface area contributed by atoms with E-state index in [9.17, 15) is 49.2 Å². The van der Waals surface area contributed by atoms with Crippen molar-refractivity contribution in [3.63, 3.8) is 0 Å². The molecule has 0 unspecified atom stereocenters. The van der Waals surface area contributed by atoms with Crippen molar-refractivity contribution < 1.29 is 63.6 Å². The Morgan fingerprint density at radius 2 is 0.551 bits per heavy atom. The summed E-state index contributed by atoms with van der Waals surface area (Å²) >= 11 is 0. The summed E-state index contributed by atoms with van der Waals surface area (Å²) in [7, 11) is 0. The number of rotatable bonds is 8. The number of aromatic amines is 2. The maximum atomic E-state index is 16.3. The van der Waals surface area contributed by atoms with E-state index in [1.165, 1.54) is 0 Å². The molecule has 2 N–H and O–H groups in total. The Kier molecular flexibility index (Phi) is 12.7. The minimum Gasteiger partial charge on any atom is -0.354 e. The molecule has 0 spiro atoms. The van der Waals surface area contributed by atoms with Crippen molar-refractivity contribution in [2.75, 3.05) is 0 Å². The van der Waals surface area contributed by atoms with Crippen molar-refractivity contribution >= 4 is 69.1 Å². The van der Waals surface area contributed by atoms with Crippen molar-refractivity contribution in [1.29, 1.82) is 0 Å². The second kappa shape index (κ2) is 18.6. The van der Waals surface area contributed by atoms with Gasteiger partial charge in [-0.15, -0.1) is 0 Å². The first-order valence-corrected chi connectivity index (χ1v) is 22.6. The number of nitro groups is 4. The highest BCUT2D eigenvalue weighted by atomic mass is 19.2. The molecule has 26 heteroatoms. The van der Waals surface area contributed by atoms with Crippen molar-refractivity contribution in [2.24, 2.45) is 0 Å². The maximum Gasteiger partial charge on any atom is 0.284 e. The van der Waals surface area contributed by atoms with Crippen LogP contribution in [0.4, 0.5) is 66.7 Å². The van der Waals surface area contributed by atoms with E-state index in [4.69, 9.17) is 0 Å². The van der Waals surface area contributed by atoms with Gasteiger partial charge in [-0.05, 0) is 70.5 Å². The quantitative estimate of drug-likeness (QED) is 0.0480. The first-order valence-electron chi connectivity index (χ1n) is 22.6. The Morgan fingerprint density at radius 3 is 0.756 bits per heavy atom. The largest absolute Gasteiger partial charge is 0.354 e. The standard InChI is InChI=1S/C52H32F10N8O8/c1-51(2,3)19-15-29(67(71)72)37(30(16-19)68(73)74)33-21-7-11-25(63-21)35(39-41(53)45(57)49(61)46(58)42(39)54)27-13-9-23(65-27)34(38-31(69(75)76)17-20(52(4,5)6)18-32(38)70(77)78)24-10-14-28(66-24)36(26-12-8-22(33)64-26)40-43(55)47(59)50(62)48(60)44(40)56/h7-18,63,66H,1-6H3. The molecule has 0 radical (unpaired) electrons. The lowest BCUT2D eigenvalue weighted by atomic mass is 9.84. The third-order valence-corrected chi connectivity index (χ3v) is 12.9. The number of nitrogens with one attached hydrogen (secondary N) is 2. The third-order valence-electron chi connectivity index (χ3n) is 12.9. The normalized spacial score (nSPS) is 12.4. The fourth-order valence-electron chi connectivity index (χ4n) is 9.08. The summed E-state index contributed by atoms with van der Waals surface area (Å²) in [5.74, 6) is -24.9. The minimum absolute atomic E-state index is 0.0308. The molecule has 78 heavy (non-hydrogen) atoms. The van der Waals surface area contributed by atoms with E-state index < -0.39 is 201 Å². The predicted octanol–water partition coefficient (Wildman–Crippen LogP) is 14.9. The summed E-state index contributed by atoms with van der Waals surface area (Å²) in [6.07, 6.45) is 3.64. The Labute approximate surface area is 429 Å². The third kappa shape index (κ3) is 8.53. The van der Waals surface area contributed by atoms with Crippen LogP contribution in [-0.4, -0.2) is 39.6 Å². The Hall–Kier alpha value is -9.62. The number of benzene rings is 4. The number of nitro benzene ring substituents is 4. The summed E-state index contributed by atoms with van der Waals surface area (Å²) < 4.78 is 156. The summed E-state index contributed by atoms with van der Waals surface area (Å²) in [4.78, 5) is 62.4. The molecule has 398 valence electrons. The highest BCUT2D eigenvalue weighted by molar-refractivity contribution is 6.03. The van der Waals surface area contributed by atoms with Crippen LogP contribution < -0.4 is 0 Å².